The van der Waals surface area contributed by atoms with Gasteiger partial charge in [0.25, 0.3) is 0 Å². The van der Waals surface area contributed by atoms with E-state index in [2.05, 4.69) is 6.92 Å². The molecule has 3 aromatic rings. The molecule has 1 N–H and O–H groups in total. The van der Waals surface area contributed by atoms with Crippen molar-refractivity contribution in [3.63, 3.8) is 0 Å². The molecule has 1 atom stereocenters. The summed E-state index contributed by atoms with van der Waals surface area (Å²) in [5.41, 5.74) is 1.59. The van der Waals surface area contributed by atoms with Crippen molar-refractivity contribution in [2.24, 2.45) is 0 Å². The standard InChI is InChI=1S/C24H20O5/c1-2-3-12-27-16-9-11-20-22(14-16)28-21-13-15(25)8-10-19(21)24(20)18-7-5-4-6-17(18)23(26)29-24/h4-11,13-14,25H,2-3,12H2,1H3/t24-/m0/s1. The smallest absolute Gasteiger partial charge is 0.340 e. The van der Waals surface area contributed by atoms with Crippen LogP contribution < -0.4 is 9.47 Å². The second-order valence-corrected chi connectivity index (χ2v) is 7.26. The maximum atomic E-state index is 12.7. The van der Waals surface area contributed by atoms with Gasteiger partial charge in [0.15, 0.2) is 5.60 Å². The summed E-state index contributed by atoms with van der Waals surface area (Å²) in [6, 6.07) is 17.8. The molecule has 0 aliphatic carbocycles. The molecule has 0 fully saturated rings. The van der Waals surface area contributed by atoms with Crippen molar-refractivity contribution in [3.05, 3.63) is 82.9 Å². The Bertz CT molecular complexity index is 1120. The van der Waals surface area contributed by atoms with E-state index in [1.807, 2.05) is 36.4 Å². The second kappa shape index (κ2) is 6.55. The summed E-state index contributed by atoms with van der Waals surface area (Å²) in [6.07, 6.45) is 2.01. The normalized spacial score (nSPS) is 18.4. The number of aromatic hydroxyl groups is 1. The number of unbranched alkanes of at least 4 members (excludes halogenated alkanes) is 1. The lowest BCUT2D eigenvalue weighted by Crippen LogP contribution is -2.32. The Morgan fingerprint density at radius 3 is 2.55 bits per heavy atom. The highest BCUT2D eigenvalue weighted by molar-refractivity contribution is 5.97. The Morgan fingerprint density at radius 2 is 1.72 bits per heavy atom. The third-order valence-electron chi connectivity index (χ3n) is 5.44. The number of phenolic OH excluding ortho intramolecular Hbond substituents is 1. The van der Waals surface area contributed by atoms with Crippen LogP contribution in [0.5, 0.6) is 23.0 Å². The van der Waals surface area contributed by atoms with Crippen molar-refractivity contribution in [2.45, 2.75) is 25.4 Å². The number of hydrogen-bond donors (Lipinski definition) is 1. The van der Waals surface area contributed by atoms with Crippen molar-refractivity contribution >= 4 is 5.97 Å². The number of phenols is 1. The quantitative estimate of drug-likeness (QED) is 0.495. The largest absolute Gasteiger partial charge is 0.508 e. The van der Waals surface area contributed by atoms with Crippen molar-refractivity contribution in [2.75, 3.05) is 6.61 Å². The first kappa shape index (κ1) is 17.6. The highest BCUT2D eigenvalue weighted by atomic mass is 16.6. The maximum absolute atomic E-state index is 12.7. The molecular weight excluding hydrogens is 368 g/mol. The predicted octanol–water partition coefficient (Wildman–Crippen LogP) is 5.14. The van der Waals surface area contributed by atoms with Gasteiger partial charge in [-0.25, -0.2) is 4.79 Å². The minimum Gasteiger partial charge on any atom is -0.508 e. The van der Waals surface area contributed by atoms with E-state index < -0.39 is 5.60 Å². The van der Waals surface area contributed by atoms with Crippen molar-refractivity contribution in [3.8, 4) is 23.0 Å². The third kappa shape index (κ3) is 2.58. The third-order valence-corrected chi connectivity index (χ3v) is 5.44. The molecule has 146 valence electrons. The monoisotopic (exact) mass is 388 g/mol. The van der Waals surface area contributed by atoms with Crippen LogP contribution in [0.3, 0.4) is 0 Å². The number of esters is 1. The molecule has 3 aromatic carbocycles. The van der Waals surface area contributed by atoms with Gasteiger partial charge < -0.3 is 19.3 Å². The van der Waals surface area contributed by atoms with E-state index in [0.29, 0.717) is 35.0 Å². The molecule has 29 heavy (non-hydrogen) atoms. The van der Waals surface area contributed by atoms with Crippen molar-refractivity contribution in [1.82, 2.24) is 0 Å². The second-order valence-electron chi connectivity index (χ2n) is 7.26. The van der Waals surface area contributed by atoms with E-state index in [1.165, 1.54) is 0 Å². The molecule has 5 heteroatoms. The SMILES string of the molecule is CCCCOc1ccc2c(c1)Oc1cc(O)ccc1[C@]21OC(=O)c2ccccc21. The van der Waals surface area contributed by atoms with Crippen LogP contribution in [-0.4, -0.2) is 17.7 Å². The summed E-state index contributed by atoms with van der Waals surface area (Å²) in [5.74, 6) is 1.38. The Labute approximate surface area is 168 Å². The van der Waals surface area contributed by atoms with Gasteiger partial charge in [0.1, 0.15) is 23.0 Å². The van der Waals surface area contributed by atoms with Gasteiger partial charge >= 0.3 is 5.97 Å². The molecule has 0 amide bonds. The highest BCUT2D eigenvalue weighted by Gasteiger charge is 2.53. The zero-order chi connectivity index (χ0) is 20.0. The van der Waals surface area contributed by atoms with Gasteiger partial charge in [0.2, 0.25) is 0 Å². The summed E-state index contributed by atoms with van der Waals surface area (Å²) >= 11 is 0. The minimum atomic E-state index is -1.12. The van der Waals surface area contributed by atoms with Crippen LogP contribution >= 0.6 is 0 Å². The molecule has 0 saturated carbocycles. The van der Waals surface area contributed by atoms with Crippen LogP contribution in [0.2, 0.25) is 0 Å². The molecule has 0 bridgehead atoms. The molecule has 0 aromatic heterocycles. The van der Waals surface area contributed by atoms with Gasteiger partial charge in [-0.15, -0.1) is 0 Å². The first-order chi connectivity index (χ1) is 14.1. The Hall–Kier alpha value is -3.47. The van der Waals surface area contributed by atoms with Gasteiger partial charge in [-0.3, -0.25) is 0 Å². The molecular formula is C24H20O5. The van der Waals surface area contributed by atoms with E-state index in [1.54, 1.807) is 24.3 Å². The highest BCUT2D eigenvalue weighted by Crippen LogP contribution is 2.56. The van der Waals surface area contributed by atoms with Crippen LogP contribution in [-0.2, 0) is 10.3 Å². The maximum Gasteiger partial charge on any atom is 0.340 e. The lowest BCUT2D eigenvalue weighted by Gasteiger charge is -2.36. The summed E-state index contributed by atoms with van der Waals surface area (Å²) < 4.78 is 18.0. The van der Waals surface area contributed by atoms with E-state index in [4.69, 9.17) is 14.2 Å². The van der Waals surface area contributed by atoms with Gasteiger partial charge in [0, 0.05) is 28.8 Å². The molecule has 5 nitrogen and oxygen atoms in total. The fourth-order valence-corrected chi connectivity index (χ4v) is 4.07. The Morgan fingerprint density at radius 1 is 0.966 bits per heavy atom. The molecule has 2 aliphatic rings. The number of ether oxygens (including phenoxy) is 3. The molecule has 2 heterocycles. The number of hydrogen-bond acceptors (Lipinski definition) is 5. The molecule has 0 saturated heterocycles. The lowest BCUT2D eigenvalue weighted by molar-refractivity contribution is 0.0224. The number of rotatable bonds is 4. The van der Waals surface area contributed by atoms with Crippen molar-refractivity contribution < 1.29 is 24.1 Å². The molecule has 0 unspecified atom stereocenters. The van der Waals surface area contributed by atoms with Gasteiger partial charge in [0.05, 0.1) is 12.2 Å². The Balaban J connectivity index is 1.72. The van der Waals surface area contributed by atoms with Gasteiger partial charge in [-0.2, -0.15) is 0 Å². The topological polar surface area (TPSA) is 65.0 Å². The van der Waals surface area contributed by atoms with Crippen LogP contribution in [0, 0.1) is 0 Å². The number of benzene rings is 3. The average molecular weight is 388 g/mol. The number of carbonyl (C=O) groups excluding carboxylic acids is 1. The number of fused-ring (bicyclic) bond motifs is 6. The molecule has 2 aliphatic heterocycles. The summed E-state index contributed by atoms with van der Waals surface area (Å²) in [6.45, 7) is 2.73. The summed E-state index contributed by atoms with van der Waals surface area (Å²) in [7, 11) is 0. The minimum absolute atomic E-state index is 0.0790. The zero-order valence-electron chi connectivity index (χ0n) is 16.0. The van der Waals surface area contributed by atoms with E-state index in [-0.39, 0.29) is 11.7 Å². The fourth-order valence-electron chi connectivity index (χ4n) is 4.07. The van der Waals surface area contributed by atoms with Crippen molar-refractivity contribution in [1.29, 1.82) is 0 Å². The summed E-state index contributed by atoms with van der Waals surface area (Å²) in [4.78, 5) is 12.7. The first-order valence-electron chi connectivity index (χ1n) is 9.75. The Kier molecular flexibility index (Phi) is 3.98. The van der Waals surface area contributed by atoms with Crippen LogP contribution in [0.25, 0.3) is 0 Å². The predicted molar refractivity (Wildman–Crippen MR) is 107 cm³/mol. The van der Waals surface area contributed by atoms with E-state index >= 15 is 0 Å². The van der Waals surface area contributed by atoms with E-state index in [0.717, 1.165) is 24.0 Å². The van der Waals surface area contributed by atoms with Crippen LogP contribution in [0.15, 0.2) is 60.7 Å². The van der Waals surface area contributed by atoms with Gasteiger partial charge in [-0.1, -0.05) is 31.5 Å². The lowest BCUT2D eigenvalue weighted by atomic mass is 9.77. The van der Waals surface area contributed by atoms with Gasteiger partial charge in [-0.05, 0) is 36.8 Å². The zero-order valence-corrected chi connectivity index (χ0v) is 16.0. The van der Waals surface area contributed by atoms with E-state index in [9.17, 15) is 9.90 Å². The first-order valence-corrected chi connectivity index (χ1v) is 9.75. The molecule has 0 radical (unpaired) electrons. The molecule has 5 rings (SSSR count). The van der Waals surface area contributed by atoms with Crippen LogP contribution in [0.1, 0.15) is 46.8 Å². The average Bonchev–Trinajstić information content (AvgIpc) is 3.01. The summed E-state index contributed by atoms with van der Waals surface area (Å²) in [5, 5.41) is 10.0. The number of carbonyl (C=O) groups is 1. The fraction of sp³-hybridized carbons (Fsp3) is 0.208. The molecule has 1 spiro atoms. The van der Waals surface area contributed by atoms with Crippen LogP contribution in [0.4, 0.5) is 0 Å².